The quantitative estimate of drug-likeness (QED) is 0.785. The molecule has 2 saturated heterocycles. The van der Waals surface area contributed by atoms with Crippen LogP contribution >= 0.6 is 24.8 Å². The fraction of sp³-hybridized carbons (Fsp3) is 0.550. The van der Waals surface area contributed by atoms with Crippen LogP contribution in [0, 0.1) is 12.8 Å². The van der Waals surface area contributed by atoms with Crippen LogP contribution < -0.4 is 5.32 Å². The highest BCUT2D eigenvalue weighted by Crippen LogP contribution is 2.18. The number of halogens is 2. The molecule has 1 N–H and O–H groups in total. The maximum Gasteiger partial charge on any atom is 0.241 e. The molecule has 3 heterocycles. The summed E-state index contributed by atoms with van der Waals surface area (Å²) in [7, 11) is 0. The molecule has 0 aliphatic carbocycles. The first-order chi connectivity index (χ1) is 13.2. The molecule has 29 heavy (non-hydrogen) atoms. The van der Waals surface area contributed by atoms with E-state index in [1.54, 1.807) is 0 Å². The zero-order valence-corrected chi connectivity index (χ0v) is 18.3. The molecule has 2 aliphatic heterocycles. The van der Waals surface area contributed by atoms with E-state index in [1.807, 2.05) is 29.2 Å². The van der Waals surface area contributed by atoms with E-state index >= 15 is 0 Å². The average molecular weight is 442 g/mol. The number of hydrogen-bond acceptors (Lipinski definition) is 6. The summed E-state index contributed by atoms with van der Waals surface area (Å²) >= 11 is 0. The molecule has 1 amide bonds. The van der Waals surface area contributed by atoms with E-state index in [0.717, 1.165) is 57.7 Å². The number of hydrogen-bond donors (Lipinski definition) is 1. The molecule has 7 nitrogen and oxygen atoms in total. The van der Waals surface area contributed by atoms with E-state index in [9.17, 15) is 4.79 Å². The second-order valence-electron chi connectivity index (χ2n) is 7.52. The number of aryl methyl sites for hydroxylation is 1. The number of nitrogens with zero attached hydrogens (tertiary/aromatic N) is 4. The van der Waals surface area contributed by atoms with Crippen LogP contribution in [0.4, 0.5) is 0 Å². The van der Waals surface area contributed by atoms with Crippen molar-refractivity contribution in [2.24, 2.45) is 5.92 Å². The number of nitrogens with one attached hydrogen (secondary N) is 1. The Morgan fingerprint density at radius 2 is 1.90 bits per heavy atom. The average Bonchev–Trinajstić information content (AvgIpc) is 3.18. The number of carbonyl (C=O) groups is 1. The third-order valence-corrected chi connectivity index (χ3v) is 5.47. The van der Waals surface area contributed by atoms with Gasteiger partial charge in [-0.15, -0.1) is 24.8 Å². The summed E-state index contributed by atoms with van der Waals surface area (Å²) in [4.78, 5) is 21.4. The van der Waals surface area contributed by atoms with Crippen molar-refractivity contribution in [2.45, 2.75) is 26.3 Å². The minimum atomic E-state index is 0. The van der Waals surface area contributed by atoms with E-state index in [-0.39, 0.29) is 30.7 Å². The molecule has 1 aromatic carbocycles. The maximum absolute atomic E-state index is 12.6. The topological polar surface area (TPSA) is 74.5 Å². The molecule has 0 spiro atoms. The van der Waals surface area contributed by atoms with Crippen LogP contribution in [0.5, 0.6) is 0 Å². The highest BCUT2D eigenvalue weighted by molar-refractivity contribution is 5.85. The largest absolute Gasteiger partial charge is 0.340 e. The molecule has 2 fully saturated rings. The number of carbonyl (C=O) groups excluding carboxylic acids is 1. The first kappa shape index (κ1) is 23.6. The van der Waals surface area contributed by atoms with Gasteiger partial charge in [0.15, 0.2) is 0 Å². The number of benzene rings is 1. The van der Waals surface area contributed by atoms with Gasteiger partial charge in [-0.1, -0.05) is 35.0 Å². The summed E-state index contributed by atoms with van der Waals surface area (Å²) in [5, 5.41) is 7.43. The summed E-state index contributed by atoms with van der Waals surface area (Å²) in [5.41, 5.74) is 2.17. The van der Waals surface area contributed by atoms with E-state index in [1.165, 1.54) is 5.56 Å². The molecular formula is C20H29Cl2N5O2. The van der Waals surface area contributed by atoms with Gasteiger partial charge >= 0.3 is 0 Å². The van der Waals surface area contributed by atoms with Gasteiger partial charge in [0.25, 0.3) is 0 Å². The van der Waals surface area contributed by atoms with Crippen LogP contribution in [-0.4, -0.2) is 65.1 Å². The van der Waals surface area contributed by atoms with E-state index in [2.05, 4.69) is 27.3 Å². The lowest BCUT2D eigenvalue weighted by atomic mass is 9.98. The first-order valence-corrected chi connectivity index (χ1v) is 9.80. The Balaban J connectivity index is 0.00000150. The van der Waals surface area contributed by atoms with Crippen molar-refractivity contribution in [3.8, 4) is 11.4 Å². The lowest BCUT2D eigenvalue weighted by molar-refractivity contribution is -0.138. The molecule has 1 atom stereocenters. The zero-order valence-electron chi connectivity index (χ0n) is 16.7. The lowest BCUT2D eigenvalue weighted by Crippen LogP contribution is -2.51. The smallest absolute Gasteiger partial charge is 0.241 e. The van der Waals surface area contributed by atoms with E-state index in [0.29, 0.717) is 24.2 Å². The second-order valence-corrected chi connectivity index (χ2v) is 7.52. The Hall–Kier alpha value is -1.67. The fourth-order valence-electron chi connectivity index (χ4n) is 3.78. The number of rotatable bonds is 4. The highest BCUT2D eigenvalue weighted by atomic mass is 35.5. The van der Waals surface area contributed by atoms with Crippen molar-refractivity contribution in [1.29, 1.82) is 0 Å². The first-order valence-electron chi connectivity index (χ1n) is 9.80. The standard InChI is InChI=1S/C20H27N5O2.2ClH/c1-15-4-6-16(7-5-15)19-22-18(27-23-19)14-24-9-11-25(12-10-24)20(26)17-3-2-8-21-13-17;;/h4-7,17,21H,2-3,8-14H2,1H3;2*1H. The Kier molecular flexibility index (Phi) is 8.89. The summed E-state index contributed by atoms with van der Waals surface area (Å²) in [5.74, 6) is 1.71. The lowest BCUT2D eigenvalue weighted by Gasteiger charge is -2.36. The third-order valence-electron chi connectivity index (χ3n) is 5.47. The predicted octanol–water partition coefficient (Wildman–Crippen LogP) is 2.53. The molecule has 4 rings (SSSR count). The van der Waals surface area contributed by atoms with Gasteiger partial charge in [-0.3, -0.25) is 9.69 Å². The van der Waals surface area contributed by atoms with Crippen molar-refractivity contribution in [3.63, 3.8) is 0 Å². The van der Waals surface area contributed by atoms with Crippen molar-refractivity contribution < 1.29 is 9.32 Å². The Bertz CT molecular complexity index is 769. The highest BCUT2D eigenvalue weighted by Gasteiger charge is 2.28. The van der Waals surface area contributed by atoms with Gasteiger partial charge in [-0.05, 0) is 26.3 Å². The van der Waals surface area contributed by atoms with E-state index in [4.69, 9.17) is 4.52 Å². The predicted molar refractivity (Wildman–Crippen MR) is 116 cm³/mol. The Labute approximate surface area is 184 Å². The van der Waals surface area contributed by atoms with Gasteiger partial charge in [0.2, 0.25) is 17.6 Å². The fourth-order valence-corrected chi connectivity index (χ4v) is 3.78. The third kappa shape index (κ3) is 5.92. The number of piperidine rings is 1. The van der Waals surface area contributed by atoms with Crippen molar-refractivity contribution in [2.75, 3.05) is 39.3 Å². The van der Waals surface area contributed by atoms with Gasteiger partial charge in [0.1, 0.15) is 0 Å². The molecule has 1 aromatic heterocycles. The summed E-state index contributed by atoms with van der Waals surface area (Å²) in [6.07, 6.45) is 2.10. The second kappa shape index (κ2) is 10.9. The van der Waals surface area contributed by atoms with Crippen molar-refractivity contribution >= 4 is 30.7 Å². The molecule has 2 aliphatic rings. The van der Waals surface area contributed by atoms with Crippen LogP contribution in [0.25, 0.3) is 11.4 Å². The molecule has 160 valence electrons. The number of aromatic nitrogens is 2. The summed E-state index contributed by atoms with van der Waals surface area (Å²) in [6, 6.07) is 8.11. The normalized spacial score (nSPS) is 19.9. The zero-order chi connectivity index (χ0) is 18.6. The molecular weight excluding hydrogens is 413 g/mol. The molecule has 2 aromatic rings. The van der Waals surface area contributed by atoms with Crippen LogP contribution in [0.15, 0.2) is 28.8 Å². The van der Waals surface area contributed by atoms with Crippen molar-refractivity contribution in [3.05, 3.63) is 35.7 Å². The van der Waals surface area contributed by atoms with Gasteiger partial charge < -0.3 is 14.7 Å². The minimum absolute atomic E-state index is 0. The minimum Gasteiger partial charge on any atom is -0.340 e. The summed E-state index contributed by atoms with van der Waals surface area (Å²) in [6.45, 7) is 7.77. The van der Waals surface area contributed by atoms with Gasteiger partial charge in [0, 0.05) is 38.3 Å². The van der Waals surface area contributed by atoms with E-state index < -0.39 is 0 Å². The monoisotopic (exact) mass is 441 g/mol. The van der Waals surface area contributed by atoms with Crippen molar-refractivity contribution in [1.82, 2.24) is 25.3 Å². The molecule has 0 bridgehead atoms. The number of piperazine rings is 1. The van der Waals surface area contributed by atoms with Crippen LogP contribution in [0.1, 0.15) is 24.3 Å². The summed E-state index contributed by atoms with van der Waals surface area (Å²) < 4.78 is 5.43. The van der Waals surface area contributed by atoms with Gasteiger partial charge in [-0.2, -0.15) is 4.98 Å². The maximum atomic E-state index is 12.6. The van der Waals surface area contributed by atoms with Gasteiger partial charge in [0.05, 0.1) is 12.5 Å². The Morgan fingerprint density at radius 1 is 1.17 bits per heavy atom. The number of amides is 1. The Morgan fingerprint density at radius 3 is 2.55 bits per heavy atom. The molecule has 9 heteroatoms. The molecule has 1 unspecified atom stereocenters. The van der Waals surface area contributed by atoms with Gasteiger partial charge in [-0.25, -0.2) is 0 Å². The van der Waals surface area contributed by atoms with Crippen LogP contribution in [0.2, 0.25) is 0 Å². The SMILES string of the molecule is Cc1ccc(-c2noc(CN3CCN(C(=O)C4CCCNC4)CC3)n2)cc1.Cl.Cl. The molecule has 0 saturated carbocycles. The molecule has 0 radical (unpaired) electrons. The van der Waals surface area contributed by atoms with Crippen LogP contribution in [-0.2, 0) is 11.3 Å². The van der Waals surface area contributed by atoms with Crippen LogP contribution in [0.3, 0.4) is 0 Å².